The van der Waals surface area contributed by atoms with Gasteiger partial charge in [0.15, 0.2) is 0 Å². The molecule has 0 spiro atoms. The summed E-state index contributed by atoms with van der Waals surface area (Å²) in [5, 5.41) is 2.56. The molecular formula is C21H17FN2O3. The number of nitrogens with one attached hydrogen (secondary N) is 1. The van der Waals surface area contributed by atoms with E-state index in [2.05, 4.69) is 5.32 Å². The van der Waals surface area contributed by atoms with Gasteiger partial charge in [0.05, 0.1) is 12.0 Å². The van der Waals surface area contributed by atoms with Gasteiger partial charge in [0, 0.05) is 17.7 Å². The zero-order valence-electron chi connectivity index (χ0n) is 14.4. The average Bonchev–Trinajstić information content (AvgIpc) is 3.21. The fraction of sp³-hybridized carbons (Fsp3) is 0.143. The van der Waals surface area contributed by atoms with Gasteiger partial charge < -0.3 is 14.6 Å². The van der Waals surface area contributed by atoms with Crippen LogP contribution in [-0.2, 0) is 16.0 Å². The molecule has 1 aliphatic heterocycles. The maximum atomic E-state index is 14.1. The van der Waals surface area contributed by atoms with Crippen LogP contribution in [0.5, 0.6) is 0 Å². The Morgan fingerprint density at radius 1 is 1.11 bits per heavy atom. The van der Waals surface area contributed by atoms with Crippen molar-refractivity contribution in [2.45, 2.75) is 12.8 Å². The number of hydrogen-bond donors (Lipinski definition) is 1. The number of rotatable bonds is 4. The number of carbonyl (C=O) groups excluding carboxylic acids is 2. The fourth-order valence-corrected chi connectivity index (χ4v) is 3.22. The lowest BCUT2D eigenvalue weighted by molar-refractivity contribution is -0.121. The van der Waals surface area contributed by atoms with Crippen molar-refractivity contribution in [3.05, 3.63) is 72.2 Å². The van der Waals surface area contributed by atoms with Gasteiger partial charge in [-0.2, -0.15) is 0 Å². The highest BCUT2D eigenvalue weighted by molar-refractivity contribution is 6.04. The van der Waals surface area contributed by atoms with Crippen molar-refractivity contribution in [2.24, 2.45) is 0 Å². The topological polar surface area (TPSA) is 62.6 Å². The molecule has 1 N–H and O–H groups in total. The Morgan fingerprint density at radius 3 is 2.78 bits per heavy atom. The zero-order valence-corrected chi connectivity index (χ0v) is 14.4. The van der Waals surface area contributed by atoms with E-state index in [9.17, 15) is 14.0 Å². The Balaban J connectivity index is 1.53. The molecule has 136 valence electrons. The second-order valence-electron chi connectivity index (χ2n) is 6.33. The van der Waals surface area contributed by atoms with Gasteiger partial charge in [0.1, 0.15) is 18.1 Å². The van der Waals surface area contributed by atoms with Crippen molar-refractivity contribution in [1.82, 2.24) is 0 Å². The maximum absolute atomic E-state index is 14.1. The molecule has 2 amide bonds. The van der Waals surface area contributed by atoms with E-state index in [1.165, 1.54) is 23.3 Å². The lowest BCUT2D eigenvalue weighted by Crippen LogP contribution is -2.40. The SMILES string of the molecule is O=C(CN1C(=O)CCc2ccccc21)Nc1cc(-c2ccco2)ccc1F. The lowest BCUT2D eigenvalue weighted by Gasteiger charge is -2.28. The highest BCUT2D eigenvalue weighted by atomic mass is 19.1. The molecule has 2 heterocycles. The van der Waals surface area contributed by atoms with Crippen molar-refractivity contribution in [2.75, 3.05) is 16.8 Å². The number of halogens is 1. The number of nitrogens with zero attached hydrogens (tertiary/aromatic N) is 1. The van der Waals surface area contributed by atoms with Crippen LogP contribution >= 0.6 is 0 Å². The average molecular weight is 364 g/mol. The first-order valence-electron chi connectivity index (χ1n) is 8.63. The molecule has 1 aromatic heterocycles. The molecule has 3 aromatic rings. The molecule has 6 heteroatoms. The third kappa shape index (κ3) is 3.46. The maximum Gasteiger partial charge on any atom is 0.244 e. The fourth-order valence-electron chi connectivity index (χ4n) is 3.22. The van der Waals surface area contributed by atoms with Crippen LogP contribution in [0.3, 0.4) is 0 Å². The van der Waals surface area contributed by atoms with Gasteiger partial charge in [-0.1, -0.05) is 18.2 Å². The third-order valence-electron chi connectivity index (χ3n) is 4.54. The molecule has 0 fully saturated rings. The van der Waals surface area contributed by atoms with Gasteiger partial charge in [-0.25, -0.2) is 4.39 Å². The van der Waals surface area contributed by atoms with E-state index in [1.807, 2.05) is 24.3 Å². The summed E-state index contributed by atoms with van der Waals surface area (Å²) in [4.78, 5) is 26.2. The number of carbonyl (C=O) groups is 2. The van der Waals surface area contributed by atoms with Crippen molar-refractivity contribution in [1.29, 1.82) is 0 Å². The van der Waals surface area contributed by atoms with Gasteiger partial charge >= 0.3 is 0 Å². The molecule has 2 aromatic carbocycles. The molecule has 0 atom stereocenters. The Labute approximate surface area is 155 Å². The molecule has 5 nitrogen and oxygen atoms in total. The highest BCUT2D eigenvalue weighted by Crippen LogP contribution is 2.28. The number of aryl methyl sites for hydroxylation is 1. The first-order valence-corrected chi connectivity index (χ1v) is 8.63. The quantitative estimate of drug-likeness (QED) is 0.761. The molecule has 0 bridgehead atoms. The number of furan rings is 1. The first kappa shape index (κ1) is 17.0. The predicted molar refractivity (Wildman–Crippen MR) is 99.8 cm³/mol. The zero-order chi connectivity index (χ0) is 18.8. The largest absolute Gasteiger partial charge is 0.464 e. The van der Waals surface area contributed by atoms with E-state index in [-0.39, 0.29) is 18.1 Å². The van der Waals surface area contributed by atoms with Crippen molar-refractivity contribution in [3.63, 3.8) is 0 Å². The van der Waals surface area contributed by atoms with Crippen molar-refractivity contribution >= 4 is 23.2 Å². The minimum Gasteiger partial charge on any atom is -0.464 e. The number of para-hydroxylation sites is 1. The van der Waals surface area contributed by atoms with E-state index in [4.69, 9.17) is 4.42 Å². The number of hydrogen-bond acceptors (Lipinski definition) is 3. The van der Waals surface area contributed by atoms with Crippen LogP contribution in [0.4, 0.5) is 15.8 Å². The molecule has 0 saturated carbocycles. The second kappa shape index (κ2) is 7.07. The van der Waals surface area contributed by atoms with Crippen LogP contribution < -0.4 is 10.2 Å². The van der Waals surface area contributed by atoms with E-state index in [0.717, 1.165) is 11.3 Å². The summed E-state index contributed by atoms with van der Waals surface area (Å²) in [6, 6.07) is 15.3. The summed E-state index contributed by atoms with van der Waals surface area (Å²) >= 11 is 0. The number of anilines is 2. The van der Waals surface area contributed by atoms with E-state index >= 15 is 0 Å². The molecule has 27 heavy (non-hydrogen) atoms. The number of amides is 2. The minimum absolute atomic E-state index is 0.0478. The Bertz CT molecular complexity index is 998. The van der Waals surface area contributed by atoms with E-state index < -0.39 is 11.7 Å². The summed E-state index contributed by atoms with van der Waals surface area (Å²) in [7, 11) is 0. The molecule has 0 aliphatic carbocycles. The van der Waals surface area contributed by atoms with Crippen LogP contribution in [0.15, 0.2) is 65.3 Å². The monoisotopic (exact) mass is 364 g/mol. The molecule has 1 aliphatic rings. The number of benzene rings is 2. The summed E-state index contributed by atoms with van der Waals surface area (Å²) in [5.74, 6) is -0.557. The Kier molecular flexibility index (Phi) is 4.46. The second-order valence-corrected chi connectivity index (χ2v) is 6.33. The third-order valence-corrected chi connectivity index (χ3v) is 4.54. The molecule has 0 saturated heterocycles. The van der Waals surface area contributed by atoms with Gasteiger partial charge in [0.25, 0.3) is 0 Å². The Hall–Kier alpha value is -3.41. The van der Waals surface area contributed by atoms with Gasteiger partial charge in [-0.15, -0.1) is 0 Å². The van der Waals surface area contributed by atoms with Crippen molar-refractivity contribution in [3.8, 4) is 11.3 Å². The molecule has 0 unspecified atom stereocenters. The van der Waals surface area contributed by atoms with Gasteiger partial charge in [-0.05, 0) is 48.4 Å². The minimum atomic E-state index is -0.552. The van der Waals surface area contributed by atoms with Gasteiger partial charge in [-0.3, -0.25) is 9.59 Å². The van der Waals surface area contributed by atoms with Gasteiger partial charge in [0.2, 0.25) is 11.8 Å². The van der Waals surface area contributed by atoms with Crippen LogP contribution in [0.1, 0.15) is 12.0 Å². The lowest BCUT2D eigenvalue weighted by atomic mass is 10.0. The standard InChI is InChI=1S/C21H17FN2O3/c22-16-9-7-15(19-6-3-11-27-19)12-17(16)23-20(25)13-24-18-5-2-1-4-14(18)8-10-21(24)26/h1-7,9,11-12H,8,10,13H2,(H,23,25). The van der Waals surface area contributed by atoms with Crippen molar-refractivity contribution < 1.29 is 18.4 Å². The molecule has 0 radical (unpaired) electrons. The van der Waals surface area contributed by atoms with E-state index in [1.54, 1.807) is 18.2 Å². The molecule has 4 rings (SSSR count). The highest BCUT2D eigenvalue weighted by Gasteiger charge is 2.25. The summed E-state index contributed by atoms with van der Waals surface area (Å²) in [5.41, 5.74) is 2.45. The normalized spacial score (nSPS) is 13.4. The van der Waals surface area contributed by atoms with Crippen LogP contribution in [0.25, 0.3) is 11.3 Å². The first-order chi connectivity index (χ1) is 13.1. The summed E-state index contributed by atoms with van der Waals surface area (Å²) in [6.07, 6.45) is 2.54. The number of fused-ring (bicyclic) bond motifs is 1. The van der Waals surface area contributed by atoms with Crippen LogP contribution in [0, 0.1) is 5.82 Å². The van der Waals surface area contributed by atoms with E-state index in [0.29, 0.717) is 24.2 Å². The molecular weight excluding hydrogens is 347 g/mol. The summed E-state index contributed by atoms with van der Waals surface area (Å²) < 4.78 is 19.4. The van der Waals surface area contributed by atoms with Crippen LogP contribution in [-0.4, -0.2) is 18.4 Å². The smallest absolute Gasteiger partial charge is 0.244 e. The predicted octanol–water partition coefficient (Wildman–Crippen LogP) is 4.00. The van der Waals surface area contributed by atoms with Crippen LogP contribution in [0.2, 0.25) is 0 Å². The Morgan fingerprint density at radius 2 is 1.96 bits per heavy atom. The summed E-state index contributed by atoms with van der Waals surface area (Å²) in [6.45, 7) is -0.166.